The lowest BCUT2D eigenvalue weighted by Gasteiger charge is -2.45. The molecule has 1 N–H and O–H groups in total. The monoisotopic (exact) mass is 376 g/mol. The van der Waals surface area contributed by atoms with Gasteiger partial charge < -0.3 is 5.11 Å². The first-order valence-corrected chi connectivity index (χ1v) is 9.71. The van der Waals surface area contributed by atoms with Gasteiger partial charge in [-0.2, -0.15) is 0 Å². The highest BCUT2D eigenvalue weighted by atomic mass is 19.1. The van der Waals surface area contributed by atoms with Crippen LogP contribution in [0.3, 0.4) is 0 Å². The van der Waals surface area contributed by atoms with E-state index in [0.29, 0.717) is 0 Å². The summed E-state index contributed by atoms with van der Waals surface area (Å²) in [7, 11) is 0. The van der Waals surface area contributed by atoms with Crippen molar-refractivity contribution in [3.63, 3.8) is 0 Å². The molecule has 0 atom stereocenters. The van der Waals surface area contributed by atoms with E-state index in [-0.39, 0.29) is 5.82 Å². The highest BCUT2D eigenvalue weighted by molar-refractivity contribution is 5.35. The fourth-order valence-corrected chi connectivity index (χ4v) is 3.95. The number of hydrogen-bond acceptors (Lipinski definition) is 3. The van der Waals surface area contributed by atoms with Crippen LogP contribution in [0.15, 0.2) is 84.9 Å². The average Bonchev–Trinajstić information content (AvgIpc) is 2.76. The van der Waals surface area contributed by atoms with Crippen molar-refractivity contribution in [2.24, 2.45) is 0 Å². The Morgan fingerprint density at radius 2 is 1.21 bits per heavy atom. The summed E-state index contributed by atoms with van der Waals surface area (Å²) in [6.45, 7) is 3.99. The summed E-state index contributed by atoms with van der Waals surface area (Å²) in [5, 5.41) is 11.9. The van der Waals surface area contributed by atoms with E-state index in [0.717, 1.165) is 49.4 Å². The fraction of sp³-hybridized carbons (Fsp3) is 0.250. The fourth-order valence-electron chi connectivity index (χ4n) is 3.95. The molecule has 0 bridgehead atoms. The van der Waals surface area contributed by atoms with Crippen molar-refractivity contribution >= 4 is 0 Å². The molecule has 1 aliphatic heterocycles. The maximum absolute atomic E-state index is 13.1. The van der Waals surface area contributed by atoms with Crippen LogP contribution in [0.25, 0.3) is 0 Å². The molecule has 0 amide bonds. The molecule has 0 unspecified atom stereocenters. The van der Waals surface area contributed by atoms with Gasteiger partial charge >= 0.3 is 0 Å². The first-order chi connectivity index (χ1) is 13.7. The third-order valence-electron chi connectivity index (χ3n) is 5.50. The van der Waals surface area contributed by atoms with E-state index in [1.807, 2.05) is 72.8 Å². The predicted octanol–water partition coefficient (Wildman–Crippen LogP) is 3.84. The second-order valence-corrected chi connectivity index (χ2v) is 7.29. The Labute approximate surface area is 165 Å². The van der Waals surface area contributed by atoms with Crippen molar-refractivity contribution in [3.05, 3.63) is 107 Å². The second-order valence-electron chi connectivity index (χ2n) is 7.29. The molecule has 3 nitrogen and oxygen atoms in total. The highest BCUT2D eigenvalue weighted by Crippen LogP contribution is 2.34. The van der Waals surface area contributed by atoms with E-state index in [9.17, 15) is 9.50 Å². The van der Waals surface area contributed by atoms with Crippen LogP contribution in [-0.2, 0) is 12.3 Å². The molecule has 1 heterocycles. The molecular weight excluding hydrogens is 351 g/mol. The van der Waals surface area contributed by atoms with Crippen LogP contribution >= 0.6 is 0 Å². The van der Waals surface area contributed by atoms with Crippen molar-refractivity contribution in [2.45, 2.75) is 12.3 Å². The van der Waals surface area contributed by atoms with Gasteiger partial charge in [0.2, 0.25) is 0 Å². The Morgan fingerprint density at radius 3 is 1.71 bits per heavy atom. The Kier molecular flexibility index (Phi) is 5.53. The summed E-state index contributed by atoms with van der Waals surface area (Å²) < 4.78 is 13.1. The minimum Gasteiger partial charge on any atom is -0.367 e. The van der Waals surface area contributed by atoms with Crippen LogP contribution in [0.2, 0.25) is 0 Å². The molecule has 0 aromatic heterocycles. The Hall–Kier alpha value is -2.53. The molecule has 0 aliphatic carbocycles. The summed E-state index contributed by atoms with van der Waals surface area (Å²) in [4.78, 5) is 4.50. The van der Waals surface area contributed by atoms with Crippen LogP contribution in [0.1, 0.15) is 16.7 Å². The van der Waals surface area contributed by atoms with E-state index in [2.05, 4.69) is 9.80 Å². The van der Waals surface area contributed by atoms with Gasteiger partial charge in [0.25, 0.3) is 0 Å². The number of hydrogen-bond donors (Lipinski definition) is 1. The minimum atomic E-state index is -1.15. The first-order valence-electron chi connectivity index (χ1n) is 9.71. The second kappa shape index (κ2) is 8.23. The maximum atomic E-state index is 13.1. The topological polar surface area (TPSA) is 26.7 Å². The van der Waals surface area contributed by atoms with Gasteiger partial charge in [0.1, 0.15) is 5.82 Å². The number of rotatable bonds is 5. The van der Waals surface area contributed by atoms with Crippen LogP contribution in [0.4, 0.5) is 4.39 Å². The van der Waals surface area contributed by atoms with Crippen LogP contribution in [-0.4, -0.2) is 41.1 Å². The van der Waals surface area contributed by atoms with Gasteiger partial charge in [0, 0.05) is 43.9 Å². The van der Waals surface area contributed by atoms with Gasteiger partial charge in [-0.15, -0.1) is 0 Å². The first kappa shape index (κ1) is 18.8. The van der Waals surface area contributed by atoms with E-state index >= 15 is 0 Å². The summed E-state index contributed by atoms with van der Waals surface area (Å²) in [5.74, 6) is -0.204. The molecule has 28 heavy (non-hydrogen) atoms. The van der Waals surface area contributed by atoms with E-state index in [1.54, 1.807) is 0 Å². The van der Waals surface area contributed by atoms with Gasteiger partial charge in [-0.25, -0.2) is 4.39 Å². The molecule has 0 radical (unpaired) electrons. The van der Waals surface area contributed by atoms with Gasteiger partial charge in [0.05, 0.1) is 0 Å². The van der Waals surface area contributed by atoms with Crippen LogP contribution in [0.5, 0.6) is 0 Å². The van der Waals surface area contributed by atoms with E-state index < -0.39 is 5.72 Å². The summed E-state index contributed by atoms with van der Waals surface area (Å²) in [6.07, 6.45) is 0. The lowest BCUT2D eigenvalue weighted by atomic mass is 9.92. The van der Waals surface area contributed by atoms with Crippen molar-refractivity contribution in [3.8, 4) is 0 Å². The SMILES string of the molecule is OC(c1ccccc1)(c1ccccc1)N1CCN(Cc2ccc(F)cc2)CC1. The Morgan fingerprint density at radius 1 is 0.714 bits per heavy atom. The molecule has 1 aliphatic rings. The number of nitrogens with zero attached hydrogens (tertiary/aromatic N) is 2. The zero-order valence-corrected chi connectivity index (χ0v) is 15.8. The standard InChI is InChI=1S/C24H25FN2O/c25-23-13-11-20(12-14-23)19-26-15-17-27(18-16-26)24(28,21-7-3-1-4-8-21)22-9-5-2-6-10-22/h1-14,28H,15-19H2. The summed E-state index contributed by atoms with van der Waals surface area (Å²) in [6, 6.07) is 26.4. The lowest BCUT2D eigenvalue weighted by Crippen LogP contribution is -2.55. The van der Waals surface area contributed by atoms with Crippen LogP contribution < -0.4 is 0 Å². The Bertz CT molecular complexity index is 836. The number of aliphatic hydroxyl groups is 1. The van der Waals surface area contributed by atoms with Crippen LogP contribution in [0, 0.1) is 5.82 Å². The van der Waals surface area contributed by atoms with Gasteiger partial charge in [-0.1, -0.05) is 72.8 Å². The zero-order chi connectivity index (χ0) is 19.4. The Balaban J connectivity index is 1.52. The van der Waals surface area contributed by atoms with Crippen molar-refractivity contribution < 1.29 is 9.50 Å². The van der Waals surface area contributed by atoms with Crippen molar-refractivity contribution in [1.82, 2.24) is 9.80 Å². The number of halogens is 1. The van der Waals surface area contributed by atoms with E-state index in [4.69, 9.17) is 0 Å². The molecule has 1 fully saturated rings. The minimum absolute atomic E-state index is 0.204. The molecule has 4 heteroatoms. The number of benzene rings is 3. The molecule has 0 spiro atoms. The van der Waals surface area contributed by atoms with Gasteiger partial charge in [-0.05, 0) is 17.7 Å². The molecular formula is C24H25FN2O. The van der Waals surface area contributed by atoms with E-state index in [1.165, 1.54) is 12.1 Å². The molecule has 144 valence electrons. The zero-order valence-electron chi connectivity index (χ0n) is 15.8. The third kappa shape index (κ3) is 3.85. The maximum Gasteiger partial charge on any atom is 0.171 e. The van der Waals surface area contributed by atoms with Crippen molar-refractivity contribution in [2.75, 3.05) is 26.2 Å². The molecule has 3 aromatic rings. The highest BCUT2D eigenvalue weighted by Gasteiger charge is 2.39. The number of piperazine rings is 1. The summed E-state index contributed by atoms with van der Waals surface area (Å²) in [5.41, 5.74) is 1.72. The molecule has 3 aromatic carbocycles. The van der Waals surface area contributed by atoms with Crippen molar-refractivity contribution in [1.29, 1.82) is 0 Å². The normalized spacial score (nSPS) is 16.2. The molecule has 1 saturated heterocycles. The average molecular weight is 376 g/mol. The van der Waals surface area contributed by atoms with Gasteiger partial charge in [0.15, 0.2) is 5.72 Å². The smallest absolute Gasteiger partial charge is 0.171 e. The molecule has 4 rings (SSSR count). The third-order valence-corrected chi connectivity index (χ3v) is 5.50. The largest absolute Gasteiger partial charge is 0.367 e. The van der Waals surface area contributed by atoms with Gasteiger partial charge in [-0.3, -0.25) is 9.80 Å². The lowest BCUT2D eigenvalue weighted by molar-refractivity contribution is -0.100. The molecule has 0 saturated carbocycles. The summed E-state index contributed by atoms with van der Waals surface area (Å²) >= 11 is 0. The quantitative estimate of drug-likeness (QED) is 0.733. The predicted molar refractivity (Wildman–Crippen MR) is 109 cm³/mol.